The second-order valence-corrected chi connectivity index (χ2v) is 4.37. The minimum Gasteiger partial charge on any atom is -0.310 e. The maximum atomic E-state index is 5.83. The van der Waals surface area contributed by atoms with Crippen molar-refractivity contribution in [3.8, 4) is 0 Å². The molecule has 0 saturated heterocycles. The normalized spacial score (nSPS) is 12.5. The zero-order valence-corrected chi connectivity index (χ0v) is 10.1. The Hall–Kier alpha value is -0.790. The highest BCUT2D eigenvalue weighted by Gasteiger charge is 2.03. The molecule has 0 spiro atoms. The van der Waals surface area contributed by atoms with Gasteiger partial charge in [-0.1, -0.05) is 29.3 Å². The van der Waals surface area contributed by atoms with Crippen LogP contribution in [0.1, 0.15) is 31.9 Å². The lowest BCUT2D eigenvalue weighted by molar-refractivity contribution is 0.576. The molecule has 2 heteroatoms. The van der Waals surface area contributed by atoms with Gasteiger partial charge >= 0.3 is 0 Å². The van der Waals surface area contributed by atoms with Gasteiger partial charge in [0.1, 0.15) is 0 Å². The Morgan fingerprint density at radius 2 is 2.00 bits per heavy atom. The fraction of sp³-hybridized carbons (Fsp3) is 0.385. The summed E-state index contributed by atoms with van der Waals surface area (Å²) >= 11 is 5.83. The number of hydrogen-bond donors (Lipinski definition) is 1. The molecule has 0 amide bonds. The van der Waals surface area contributed by atoms with Crippen molar-refractivity contribution in [2.45, 2.75) is 26.3 Å². The molecule has 1 aromatic rings. The van der Waals surface area contributed by atoms with Crippen LogP contribution >= 0.6 is 11.6 Å². The predicted octanol–water partition coefficient (Wildman–Crippen LogP) is 3.96. The molecule has 1 N–H and O–H groups in total. The average Bonchev–Trinajstić information content (AvgIpc) is 2.18. The van der Waals surface area contributed by atoms with Crippen molar-refractivity contribution >= 4 is 11.6 Å². The van der Waals surface area contributed by atoms with E-state index in [0.29, 0.717) is 6.04 Å². The molecule has 0 aromatic heterocycles. The topological polar surface area (TPSA) is 12.0 Å². The monoisotopic (exact) mass is 223 g/mol. The molecular weight excluding hydrogens is 206 g/mol. The largest absolute Gasteiger partial charge is 0.310 e. The van der Waals surface area contributed by atoms with Gasteiger partial charge in [0, 0.05) is 11.1 Å². The van der Waals surface area contributed by atoms with Crippen LogP contribution < -0.4 is 5.32 Å². The number of rotatable bonds is 5. The van der Waals surface area contributed by atoms with Crippen LogP contribution in [0.4, 0.5) is 0 Å². The van der Waals surface area contributed by atoms with Gasteiger partial charge in [-0.3, -0.25) is 0 Å². The van der Waals surface area contributed by atoms with Gasteiger partial charge in [-0.15, -0.1) is 6.58 Å². The van der Waals surface area contributed by atoms with E-state index in [1.807, 2.05) is 12.1 Å². The van der Waals surface area contributed by atoms with Gasteiger partial charge in [-0.2, -0.15) is 0 Å². The first-order valence-electron chi connectivity index (χ1n) is 5.23. The summed E-state index contributed by atoms with van der Waals surface area (Å²) in [5.41, 5.74) is 2.48. The highest BCUT2D eigenvalue weighted by atomic mass is 35.5. The van der Waals surface area contributed by atoms with Gasteiger partial charge in [0.15, 0.2) is 0 Å². The second-order valence-electron chi connectivity index (χ2n) is 3.93. The Morgan fingerprint density at radius 3 is 2.53 bits per heavy atom. The molecule has 1 atom stereocenters. The van der Waals surface area contributed by atoms with Crippen molar-refractivity contribution in [1.82, 2.24) is 5.32 Å². The molecule has 0 aliphatic rings. The Bertz CT molecular complexity index is 316. The average molecular weight is 224 g/mol. The molecule has 1 aromatic carbocycles. The van der Waals surface area contributed by atoms with Crippen molar-refractivity contribution in [3.63, 3.8) is 0 Å². The van der Waals surface area contributed by atoms with Crippen molar-refractivity contribution in [1.29, 1.82) is 0 Å². The maximum Gasteiger partial charge on any atom is 0.0406 e. The number of hydrogen-bond acceptors (Lipinski definition) is 1. The van der Waals surface area contributed by atoms with E-state index in [0.717, 1.165) is 18.0 Å². The summed E-state index contributed by atoms with van der Waals surface area (Å²) in [6.07, 6.45) is 1.03. The minimum absolute atomic E-state index is 0.363. The van der Waals surface area contributed by atoms with Crippen molar-refractivity contribution in [3.05, 3.63) is 47.0 Å². The van der Waals surface area contributed by atoms with Crippen LogP contribution in [0.25, 0.3) is 0 Å². The fourth-order valence-corrected chi connectivity index (χ4v) is 1.50. The van der Waals surface area contributed by atoms with E-state index in [4.69, 9.17) is 11.6 Å². The van der Waals surface area contributed by atoms with E-state index in [9.17, 15) is 0 Å². The van der Waals surface area contributed by atoms with Gasteiger partial charge in [-0.05, 0) is 44.5 Å². The summed E-state index contributed by atoms with van der Waals surface area (Å²) in [5.74, 6) is 0. The molecular formula is C13H18ClN. The summed E-state index contributed by atoms with van der Waals surface area (Å²) in [6, 6.07) is 8.32. The van der Waals surface area contributed by atoms with Gasteiger partial charge < -0.3 is 5.32 Å². The molecule has 0 fully saturated rings. The Labute approximate surface area is 97.1 Å². The summed E-state index contributed by atoms with van der Waals surface area (Å²) in [6.45, 7) is 9.05. The molecule has 0 unspecified atom stereocenters. The van der Waals surface area contributed by atoms with Crippen LogP contribution in [0.15, 0.2) is 36.4 Å². The van der Waals surface area contributed by atoms with E-state index < -0.39 is 0 Å². The predicted molar refractivity (Wildman–Crippen MR) is 67.3 cm³/mol. The third-order valence-electron chi connectivity index (χ3n) is 2.37. The number of benzene rings is 1. The van der Waals surface area contributed by atoms with E-state index in [1.165, 1.54) is 11.1 Å². The standard InChI is InChI=1S/C13H18ClN/c1-10(2)8-9-15-11(3)12-4-6-13(14)7-5-12/h4-7,11,15H,1,8-9H2,2-3H3/t11-/m1/s1. The number of nitrogens with one attached hydrogen (secondary N) is 1. The van der Waals surface area contributed by atoms with Crippen LogP contribution in [0, 0.1) is 0 Å². The van der Waals surface area contributed by atoms with Crippen molar-refractivity contribution < 1.29 is 0 Å². The maximum absolute atomic E-state index is 5.83. The molecule has 0 aliphatic heterocycles. The molecule has 1 rings (SSSR count). The zero-order chi connectivity index (χ0) is 11.3. The molecule has 0 heterocycles. The Morgan fingerprint density at radius 1 is 1.40 bits per heavy atom. The first-order chi connectivity index (χ1) is 7.09. The summed E-state index contributed by atoms with van der Waals surface area (Å²) in [4.78, 5) is 0. The van der Waals surface area contributed by atoms with E-state index in [1.54, 1.807) is 0 Å². The van der Waals surface area contributed by atoms with E-state index in [2.05, 4.69) is 37.9 Å². The molecule has 0 aliphatic carbocycles. The highest BCUT2D eigenvalue weighted by Crippen LogP contribution is 2.15. The van der Waals surface area contributed by atoms with Crippen LogP contribution in [-0.2, 0) is 0 Å². The van der Waals surface area contributed by atoms with Crippen molar-refractivity contribution in [2.75, 3.05) is 6.54 Å². The van der Waals surface area contributed by atoms with Crippen molar-refractivity contribution in [2.24, 2.45) is 0 Å². The third kappa shape index (κ3) is 4.50. The first kappa shape index (κ1) is 12.3. The molecule has 0 bridgehead atoms. The van der Waals surface area contributed by atoms with Gasteiger partial charge in [0.25, 0.3) is 0 Å². The SMILES string of the molecule is C=C(C)CCN[C@H](C)c1ccc(Cl)cc1. The minimum atomic E-state index is 0.363. The highest BCUT2D eigenvalue weighted by molar-refractivity contribution is 6.30. The first-order valence-corrected chi connectivity index (χ1v) is 5.60. The summed E-state index contributed by atoms with van der Waals surface area (Å²) in [5, 5.41) is 4.23. The lowest BCUT2D eigenvalue weighted by Gasteiger charge is -2.14. The molecule has 0 radical (unpaired) electrons. The van der Waals surface area contributed by atoms with E-state index in [-0.39, 0.29) is 0 Å². The Balaban J connectivity index is 2.43. The smallest absolute Gasteiger partial charge is 0.0406 e. The van der Waals surface area contributed by atoms with Crippen LogP contribution in [0.5, 0.6) is 0 Å². The van der Waals surface area contributed by atoms with Crippen LogP contribution in [0.2, 0.25) is 5.02 Å². The van der Waals surface area contributed by atoms with Crippen LogP contribution in [-0.4, -0.2) is 6.54 Å². The summed E-state index contributed by atoms with van der Waals surface area (Å²) in [7, 11) is 0. The number of halogens is 1. The fourth-order valence-electron chi connectivity index (χ4n) is 1.37. The van der Waals surface area contributed by atoms with Gasteiger partial charge in [-0.25, -0.2) is 0 Å². The quantitative estimate of drug-likeness (QED) is 0.746. The lowest BCUT2D eigenvalue weighted by atomic mass is 10.1. The lowest BCUT2D eigenvalue weighted by Crippen LogP contribution is -2.19. The van der Waals surface area contributed by atoms with E-state index >= 15 is 0 Å². The molecule has 82 valence electrons. The Kier molecular flexibility index (Phi) is 4.86. The molecule has 1 nitrogen and oxygen atoms in total. The second kappa shape index (κ2) is 5.94. The summed E-state index contributed by atoms with van der Waals surface area (Å²) < 4.78 is 0. The third-order valence-corrected chi connectivity index (χ3v) is 2.62. The molecule has 15 heavy (non-hydrogen) atoms. The van der Waals surface area contributed by atoms with Crippen LogP contribution in [0.3, 0.4) is 0 Å². The zero-order valence-electron chi connectivity index (χ0n) is 9.39. The van der Waals surface area contributed by atoms with Gasteiger partial charge in [0.05, 0.1) is 0 Å². The van der Waals surface area contributed by atoms with Gasteiger partial charge in [0.2, 0.25) is 0 Å². The molecule has 0 saturated carbocycles.